The molecule has 0 radical (unpaired) electrons. The maximum atomic E-state index is 12.3. The van der Waals surface area contributed by atoms with E-state index in [-0.39, 0.29) is 12.8 Å². The van der Waals surface area contributed by atoms with Crippen molar-refractivity contribution in [3.63, 3.8) is 0 Å². The SMILES string of the molecule is Cc1ccc(C(=O)NC(C)(C)CCC(=O)O)cc1NS(C)(=O)=O. The topological polar surface area (TPSA) is 113 Å². The van der Waals surface area contributed by atoms with Gasteiger partial charge in [-0.25, -0.2) is 8.42 Å². The van der Waals surface area contributed by atoms with E-state index in [1.165, 1.54) is 6.07 Å². The first-order valence-corrected chi connectivity index (χ1v) is 8.91. The molecule has 1 rings (SSSR count). The molecule has 0 heterocycles. The summed E-state index contributed by atoms with van der Waals surface area (Å²) in [5.41, 5.74) is 0.635. The lowest BCUT2D eigenvalue weighted by atomic mass is 9.97. The summed E-state index contributed by atoms with van der Waals surface area (Å²) in [5, 5.41) is 11.5. The fourth-order valence-electron chi connectivity index (χ4n) is 1.93. The summed E-state index contributed by atoms with van der Waals surface area (Å²) in [7, 11) is -3.44. The first-order chi connectivity index (χ1) is 10.4. The van der Waals surface area contributed by atoms with E-state index < -0.39 is 27.4 Å². The Morgan fingerprint density at radius 2 is 1.87 bits per heavy atom. The molecule has 0 saturated heterocycles. The van der Waals surface area contributed by atoms with Crippen molar-refractivity contribution in [1.29, 1.82) is 0 Å². The summed E-state index contributed by atoms with van der Waals surface area (Å²) in [4.78, 5) is 22.9. The highest BCUT2D eigenvalue weighted by atomic mass is 32.2. The number of amides is 1. The lowest BCUT2D eigenvalue weighted by Crippen LogP contribution is -2.43. The van der Waals surface area contributed by atoms with Crippen LogP contribution in [0.3, 0.4) is 0 Å². The van der Waals surface area contributed by atoms with E-state index in [1.54, 1.807) is 32.9 Å². The van der Waals surface area contributed by atoms with Gasteiger partial charge in [0.2, 0.25) is 10.0 Å². The zero-order valence-corrected chi connectivity index (χ0v) is 14.5. The van der Waals surface area contributed by atoms with Gasteiger partial charge in [-0.05, 0) is 44.9 Å². The van der Waals surface area contributed by atoms with Crippen molar-refractivity contribution in [2.75, 3.05) is 11.0 Å². The molecule has 3 N–H and O–H groups in total. The van der Waals surface area contributed by atoms with Gasteiger partial charge in [-0.2, -0.15) is 0 Å². The van der Waals surface area contributed by atoms with Crippen molar-refractivity contribution in [3.05, 3.63) is 29.3 Å². The number of carboxylic acids is 1. The predicted octanol–water partition coefficient (Wildman–Crippen LogP) is 1.74. The van der Waals surface area contributed by atoms with E-state index in [4.69, 9.17) is 5.11 Å². The van der Waals surface area contributed by atoms with Crippen LogP contribution in [0, 0.1) is 6.92 Å². The number of hydrogen-bond donors (Lipinski definition) is 3. The molecule has 0 aromatic heterocycles. The Morgan fingerprint density at radius 3 is 2.39 bits per heavy atom. The minimum absolute atomic E-state index is 0.0535. The molecular formula is C15H22N2O5S. The van der Waals surface area contributed by atoms with Gasteiger partial charge in [-0.15, -0.1) is 0 Å². The molecule has 23 heavy (non-hydrogen) atoms. The summed E-state index contributed by atoms with van der Waals surface area (Å²) in [6, 6.07) is 4.69. The summed E-state index contributed by atoms with van der Waals surface area (Å²) in [6.07, 6.45) is 1.27. The van der Waals surface area contributed by atoms with Gasteiger partial charge in [-0.3, -0.25) is 14.3 Å². The van der Waals surface area contributed by atoms with Gasteiger partial charge in [0, 0.05) is 17.5 Å². The zero-order valence-electron chi connectivity index (χ0n) is 13.6. The van der Waals surface area contributed by atoms with Gasteiger partial charge in [0.05, 0.1) is 11.9 Å². The van der Waals surface area contributed by atoms with Crippen LogP contribution in [0.4, 0.5) is 5.69 Å². The Labute approximate surface area is 136 Å². The van der Waals surface area contributed by atoms with Gasteiger partial charge >= 0.3 is 5.97 Å². The van der Waals surface area contributed by atoms with Crippen molar-refractivity contribution >= 4 is 27.6 Å². The number of aliphatic carboxylic acids is 1. The highest BCUT2D eigenvalue weighted by Crippen LogP contribution is 2.19. The van der Waals surface area contributed by atoms with E-state index in [1.807, 2.05) is 0 Å². The molecule has 1 aromatic carbocycles. The van der Waals surface area contributed by atoms with Gasteiger partial charge in [0.25, 0.3) is 5.91 Å². The molecular weight excluding hydrogens is 320 g/mol. The Hall–Kier alpha value is -2.09. The van der Waals surface area contributed by atoms with Crippen molar-refractivity contribution in [2.24, 2.45) is 0 Å². The van der Waals surface area contributed by atoms with Crippen LogP contribution in [0.15, 0.2) is 18.2 Å². The number of aryl methyl sites for hydroxylation is 1. The number of anilines is 1. The first kappa shape index (κ1) is 19.0. The molecule has 0 aliphatic heterocycles. The molecule has 128 valence electrons. The van der Waals surface area contributed by atoms with Crippen molar-refractivity contribution in [1.82, 2.24) is 5.32 Å². The normalized spacial score (nSPS) is 11.8. The predicted molar refractivity (Wildman–Crippen MR) is 88.1 cm³/mol. The van der Waals surface area contributed by atoms with E-state index in [0.29, 0.717) is 16.8 Å². The molecule has 0 atom stereocenters. The van der Waals surface area contributed by atoms with Gasteiger partial charge in [0.15, 0.2) is 0 Å². The zero-order chi connectivity index (χ0) is 17.8. The maximum Gasteiger partial charge on any atom is 0.303 e. The number of benzene rings is 1. The summed E-state index contributed by atoms with van der Waals surface area (Å²) < 4.78 is 25.1. The lowest BCUT2D eigenvalue weighted by Gasteiger charge is -2.25. The van der Waals surface area contributed by atoms with Crippen LogP contribution in [-0.4, -0.2) is 37.2 Å². The van der Waals surface area contributed by atoms with Crippen LogP contribution >= 0.6 is 0 Å². The molecule has 0 bridgehead atoms. The molecule has 0 saturated carbocycles. The van der Waals surface area contributed by atoms with E-state index in [0.717, 1.165) is 6.26 Å². The summed E-state index contributed by atoms with van der Waals surface area (Å²) in [5.74, 6) is -1.32. The minimum atomic E-state index is -3.44. The molecule has 0 spiro atoms. The number of carbonyl (C=O) groups is 2. The minimum Gasteiger partial charge on any atom is -0.481 e. The number of carboxylic acid groups (broad SMARTS) is 1. The van der Waals surface area contributed by atoms with Gasteiger partial charge in [-0.1, -0.05) is 6.07 Å². The van der Waals surface area contributed by atoms with Gasteiger partial charge < -0.3 is 10.4 Å². The smallest absolute Gasteiger partial charge is 0.303 e. The van der Waals surface area contributed by atoms with E-state index in [9.17, 15) is 18.0 Å². The molecule has 0 aliphatic carbocycles. The lowest BCUT2D eigenvalue weighted by molar-refractivity contribution is -0.137. The number of sulfonamides is 1. The molecule has 1 amide bonds. The first-order valence-electron chi connectivity index (χ1n) is 7.02. The van der Waals surface area contributed by atoms with Crippen molar-refractivity contribution in [3.8, 4) is 0 Å². The summed E-state index contributed by atoms with van der Waals surface area (Å²) in [6.45, 7) is 5.20. The second-order valence-corrected chi connectivity index (χ2v) is 7.88. The van der Waals surface area contributed by atoms with Crippen molar-refractivity contribution < 1.29 is 23.1 Å². The number of rotatable bonds is 7. The molecule has 0 unspecified atom stereocenters. The average Bonchev–Trinajstić information content (AvgIpc) is 2.37. The van der Waals surface area contributed by atoms with Crippen LogP contribution in [-0.2, 0) is 14.8 Å². The quantitative estimate of drug-likeness (QED) is 0.698. The Kier molecular flexibility index (Phi) is 5.76. The largest absolute Gasteiger partial charge is 0.481 e. The fourth-order valence-corrected chi connectivity index (χ4v) is 2.55. The van der Waals surface area contributed by atoms with Crippen LogP contribution in [0.2, 0.25) is 0 Å². The Bertz CT molecular complexity index is 711. The Balaban J connectivity index is 2.92. The van der Waals surface area contributed by atoms with E-state index in [2.05, 4.69) is 10.0 Å². The molecule has 8 heteroatoms. The van der Waals surface area contributed by atoms with Crippen LogP contribution in [0.1, 0.15) is 42.6 Å². The van der Waals surface area contributed by atoms with Gasteiger partial charge in [0.1, 0.15) is 0 Å². The fraction of sp³-hybridized carbons (Fsp3) is 0.467. The second-order valence-electron chi connectivity index (χ2n) is 6.14. The number of carbonyl (C=O) groups excluding carboxylic acids is 1. The van der Waals surface area contributed by atoms with Crippen LogP contribution in [0.25, 0.3) is 0 Å². The summed E-state index contributed by atoms with van der Waals surface area (Å²) >= 11 is 0. The van der Waals surface area contributed by atoms with Crippen LogP contribution < -0.4 is 10.0 Å². The van der Waals surface area contributed by atoms with Crippen LogP contribution in [0.5, 0.6) is 0 Å². The molecule has 7 nitrogen and oxygen atoms in total. The van der Waals surface area contributed by atoms with E-state index >= 15 is 0 Å². The molecule has 0 aliphatic rings. The number of hydrogen-bond acceptors (Lipinski definition) is 4. The Morgan fingerprint density at radius 1 is 1.26 bits per heavy atom. The number of nitrogens with one attached hydrogen (secondary N) is 2. The second kappa shape index (κ2) is 6.99. The monoisotopic (exact) mass is 342 g/mol. The highest BCUT2D eigenvalue weighted by Gasteiger charge is 2.22. The third kappa shape index (κ3) is 6.68. The molecule has 1 aromatic rings. The van der Waals surface area contributed by atoms with Crippen molar-refractivity contribution in [2.45, 2.75) is 39.2 Å². The average molecular weight is 342 g/mol. The third-order valence-corrected chi connectivity index (χ3v) is 3.80. The third-order valence-electron chi connectivity index (χ3n) is 3.21. The maximum absolute atomic E-state index is 12.3. The standard InChI is InChI=1S/C15H22N2O5S/c1-10-5-6-11(9-12(10)17-23(4,21)22)14(20)16-15(2,3)8-7-13(18)19/h5-6,9,17H,7-8H2,1-4H3,(H,16,20)(H,18,19). The highest BCUT2D eigenvalue weighted by molar-refractivity contribution is 7.92. The molecule has 0 fully saturated rings.